The normalized spacial score (nSPS) is 13.2. The number of aliphatic hydroxyl groups excluding tert-OH is 2. The van der Waals surface area contributed by atoms with Gasteiger partial charge in [0.15, 0.2) is 11.4 Å². The van der Waals surface area contributed by atoms with E-state index in [4.69, 9.17) is 14.5 Å². The number of aromatic nitrogens is 5. The van der Waals surface area contributed by atoms with Crippen molar-refractivity contribution in [3.8, 4) is 34.4 Å². The number of imidazole rings is 1. The van der Waals surface area contributed by atoms with Crippen LogP contribution in [0.3, 0.4) is 0 Å². The average Bonchev–Trinajstić information content (AvgIpc) is 3.43. The first-order valence-electron chi connectivity index (χ1n) is 11.7. The second-order valence-electron chi connectivity index (χ2n) is 8.95. The maximum Gasteiger partial charge on any atom is 0.180 e. The number of nitrogens with zero attached hydrogens (tertiary/aromatic N) is 5. The fraction of sp³-hybridized carbons (Fsp3) is 0.346. The predicted octanol–water partition coefficient (Wildman–Crippen LogP) is 3.35. The Hall–Kier alpha value is -3.69. The second-order valence-corrected chi connectivity index (χ2v) is 8.95. The zero-order valence-corrected chi connectivity index (χ0v) is 20.0. The highest BCUT2D eigenvalue weighted by atomic mass is 16.5. The Labute approximate surface area is 203 Å². The molecule has 1 aliphatic heterocycles. The summed E-state index contributed by atoms with van der Waals surface area (Å²) in [6, 6.07) is 14.8. The van der Waals surface area contributed by atoms with Gasteiger partial charge in [-0.15, -0.1) is 0 Å². The molecule has 0 saturated heterocycles. The number of fused-ring (bicyclic) bond motifs is 3. The summed E-state index contributed by atoms with van der Waals surface area (Å²) in [4.78, 5) is 9.51. The minimum Gasteiger partial charge on any atom is -0.491 e. The number of ether oxygens (including phenoxy) is 2. The molecule has 0 radical (unpaired) electrons. The number of aryl methyl sites for hydroxylation is 1. The summed E-state index contributed by atoms with van der Waals surface area (Å²) in [5.41, 5.74) is 0.994. The van der Waals surface area contributed by atoms with Gasteiger partial charge in [0.05, 0.1) is 25.3 Å². The summed E-state index contributed by atoms with van der Waals surface area (Å²) in [5.74, 6) is 3.31. The standard InChI is InChI=1S/C26H29N5O4/c1-17(2)31-25(27-18(3)29-31)22-14-30-11-12-34-23-13-20(9-10-21(23)24(30)28-22)35-26(15-32,16-33)19-7-5-4-6-8-19/h4-10,13-14,17,32-33H,11-12,15-16H2,1-3H3. The van der Waals surface area contributed by atoms with Gasteiger partial charge in [0.25, 0.3) is 0 Å². The lowest BCUT2D eigenvalue weighted by molar-refractivity contribution is -0.0386. The Morgan fingerprint density at radius 2 is 1.83 bits per heavy atom. The van der Waals surface area contributed by atoms with Gasteiger partial charge in [-0.1, -0.05) is 30.3 Å². The summed E-state index contributed by atoms with van der Waals surface area (Å²) in [6.07, 6.45) is 1.98. The van der Waals surface area contributed by atoms with Crippen LogP contribution in [0.4, 0.5) is 0 Å². The van der Waals surface area contributed by atoms with Crippen molar-refractivity contribution in [2.24, 2.45) is 0 Å². The van der Waals surface area contributed by atoms with E-state index in [1.165, 1.54) is 0 Å². The molecule has 0 aliphatic carbocycles. The molecule has 35 heavy (non-hydrogen) atoms. The summed E-state index contributed by atoms with van der Waals surface area (Å²) in [6.45, 7) is 6.34. The summed E-state index contributed by atoms with van der Waals surface area (Å²) >= 11 is 0. The summed E-state index contributed by atoms with van der Waals surface area (Å²) in [5, 5.41) is 24.8. The molecule has 0 atom stereocenters. The largest absolute Gasteiger partial charge is 0.491 e. The first-order chi connectivity index (χ1) is 16.9. The van der Waals surface area contributed by atoms with Crippen LogP contribution in [0, 0.1) is 6.92 Å². The van der Waals surface area contributed by atoms with Crippen LogP contribution in [0.25, 0.3) is 22.9 Å². The van der Waals surface area contributed by atoms with Gasteiger partial charge in [-0.05, 0) is 32.9 Å². The average molecular weight is 476 g/mol. The second kappa shape index (κ2) is 9.16. The zero-order valence-electron chi connectivity index (χ0n) is 20.0. The first-order valence-corrected chi connectivity index (χ1v) is 11.7. The van der Waals surface area contributed by atoms with Crippen molar-refractivity contribution in [2.75, 3.05) is 19.8 Å². The molecular formula is C26H29N5O4. The molecule has 4 aromatic rings. The molecule has 9 nitrogen and oxygen atoms in total. The fourth-order valence-corrected chi connectivity index (χ4v) is 4.32. The highest BCUT2D eigenvalue weighted by Gasteiger charge is 2.34. The van der Waals surface area contributed by atoms with Gasteiger partial charge in [0.1, 0.15) is 35.4 Å². The Morgan fingerprint density at radius 1 is 1.06 bits per heavy atom. The molecule has 0 unspecified atom stereocenters. The van der Waals surface area contributed by atoms with Crippen LogP contribution in [0.2, 0.25) is 0 Å². The Morgan fingerprint density at radius 3 is 2.54 bits per heavy atom. The molecule has 0 saturated carbocycles. The number of benzene rings is 2. The van der Waals surface area contributed by atoms with Crippen LogP contribution in [-0.2, 0) is 12.1 Å². The Balaban J connectivity index is 1.51. The van der Waals surface area contributed by atoms with Crippen LogP contribution >= 0.6 is 0 Å². The van der Waals surface area contributed by atoms with Gasteiger partial charge in [-0.25, -0.2) is 14.6 Å². The number of hydrogen-bond acceptors (Lipinski definition) is 7. The maximum atomic E-state index is 10.1. The third-order valence-corrected chi connectivity index (χ3v) is 6.14. The van der Waals surface area contributed by atoms with E-state index < -0.39 is 5.60 Å². The molecule has 0 spiro atoms. The predicted molar refractivity (Wildman–Crippen MR) is 130 cm³/mol. The zero-order chi connectivity index (χ0) is 24.6. The molecule has 1 aliphatic rings. The molecule has 0 amide bonds. The van der Waals surface area contributed by atoms with E-state index in [-0.39, 0.29) is 19.3 Å². The van der Waals surface area contributed by atoms with E-state index in [1.54, 1.807) is 12.1 Å². The quantitative estimate of drug-likeness (QED) is 0.422. The maximum absolute atomic E-state index is 10.1. The molecule has 9 heteroatoms. The lowest BCUT2D eigenvalue weighted by Gasteiger charge is -2.31. The van der Waals surface area contributed by atoms with Crippen molar-refractivity contribution >= 4 is 0 Å². The van der Waals surface area contributed by atoms with Gasteiger partial charge in [0, 0.05) is 23.9 Å². The van der Waals surface area contributed by atoms with Crippen molar-refractivity contribution < 1.29 is 19.7 Å². The van der Waals surface area contributed by atoms with E-state index in [9.17, 15) is 10.2 Å². The summed E-state index contributed by atoms with van der Waals surface area (Å²) in [7, 11) is 0. The number of hydrogen-bond donors (Lipinski definition) is 2. The lowest BCUT2D eigenvalue weighted by atomic mass is 9.95. The highest BCUT2D eigenvalue weighted by Crippen LogP contribution is 2.38. The lowest BCUT2D eigenvalue weighted by Crippen LogP contribution is -2.41. The molecule has 2 aromatic heterocycles. The van der Waals surface area contributed by atoms with E-state index in [2.05, 4.69) is 28.5 Å². The van der Waals surface area contributed by atoms with Crippen molar-refractivity contribution in [1.29, 1.82) is 0 Å². The van der Waals surface area contributed by atoms with Gasteiger partial charge in [-0.2, -0.15) is 5.10 Å². The van der Waals surface area contributed by atoms with Crippen molar-refractivity contribution in [1.82, 2.24) is 24.3 Å². The highest BCUT2D eigenvalue weighted by molar-refractivity contribution is 5.69. The van der Waals surface area contributed by atoms with E-state index in [0.717, 1.165) is 22.9 Å². The van der Waals surface area contributed by atoms with E-state index in [1.807, 2.05) is 54.2 Å². The van der Waals surface area contributed by atoms with Crippen molar-refractivity contribution in [3.05, 3.63) is 66.1 Å². The molecule has 2 N–H and O–H groups in total. The molecule has 3 heterocycles. The third-order valence-electron chi connectivity index (χ3n) is 6.14. The van der Waals surface area contributed by atoms with Gasteiger partial charge >= 0.3 is 0 Å². The summed E-state index contributed by atoms with van der Waals surface area (Å²) < 4.78 is 16.2. The minimum atomic E-state index is -1.27. The van der Waals surface area contributed by atoms with E-state index in [0.29, 0.717) is 36.0 Å². The smallest absolute Gasteiger partial charge is 0.180 e. The van der Waals surface area contributed by atoms with Crippen LogP contribution in [0.5, 0.6) is 11.5 Å². The SMILES string of the molecule is Cc1nc(-c2cn3c(n2)-c2ccc(OC(CO)(CO)c4ccccc4)cc2OCC3)n(C(C)C)n1. The van der Waals surface area contributed by atoms with Crippen LogP contribution < -0.4 is 9.47 Å². The van der Waals surface area contributed by atoms with Gasteiger partial charge in [-0.3, -0.25) is 0 Å². The topological polar surface area (TPSA) is 107 Å². The third kappa shape index (κ3) is 4.17. The molecule has 5 rings (SSSR count). The van der Waals surface area contributed by atoms with Crippen LogP contribution in [0.1, 0.15) is 31.3 Å². The van der Waals surface area contributed by atoms with Gasteiger partial charge < -0.3 is 24.3 Å². The minimum absolute atomic E-state index is 0.158. The first kappa shape index (κ1) is 23.1. The van der Waals surface area contributed by atoms with E-state index >= 15 is 0 Å². The van der Waals surface area contributed by atoms with Crippen molar-refractivity contribution in [2.45, 2.75) is 39.0 Å². The molecule has 182 valence electrons. The van der Waals surface area contributed by atoms with Gasteiger partial charge in [0.2, 0.25) is 0 Å². The monoisotopic (exact) mass is 475 g/mol. The molecule has 2 aromatic carbocycles. The Kier molecular flexibility index (Phi) is 6.04. The Bertz CT molecular complexity index is 1330. The van der Waals surface area contributed by atoms with Crippen LogP contribution in [-0.4, -0.2) is 54.3 Å². The van der Waals surface area contributed by atoms with Crippen LogP contribution in [0.15, 0.2) is 54.7 Å². The fourth-order valence-electron chi connectivity index (χ4n) is 4.32. The molecule has 0 fully saturated rings. The molecule has 0 bridgehead atoms. The molecular weight excluding hydrogens is 446 g/mol. The number of rotatable bonds is 7. The number of aliphatic hydroxyl groups is 2. The van der Waals surface area contributed by atoms with Crippen molar-refractivity contribution in [3.63, 3.8) is 0 Å².